The molecule has 1 fully saturated rings. The van der Waals surface area contributed by atoms with Crippen molar-refractivity contribution < 1.29 is 4.74 Å². The van der Waals surface area contributed by atoms with Gasteiger partial charge in [0.2, 0.25) is 0 Å². The lowest BCUT2D eigenvalue weighted by atomic mass is 9.95. The second kappa shape index (κ2) is 5.45. The van der Waals surface area contributed by atoms with Crippen LogP contribution in [-0.4, -0.2) is 35.8 Å². The predicted molar refractivity (Wildman–Crippen MR) is 75.7 cm³/mol. The monoisotopic (exact) mass is 261 g/mol. The first kappa shape index (κ1) is 12.9. The second-order valence-corrected chi connectivity index (χ2v) is 5.56. The van der Waals surface area contributed by atoms with Crippen molar-refractivity contribution in [2.75, 3.05) is 24.7 Å². The van der Waals surface area contributed by atoms with Gasteiger partial charge in [0, 0.05) is 17.8 Å². The van der Waals surface area contributed by atoms with Crippen LogP contribution in [0, 0.1) is 6.92 Å². The number of ether oxygens (including phenoxy) is 1. The third-order valence-corrected chi connectivity index (χ3v) is 4.24. The van der Waals surface area contributed by atoms with Gasteiger partial charge >= 0.3 is 0 Å². The molecule has 0 aromatic carbocycles. The van der Waals surface area contributed by atoms with Crippen molar-refractivity contribution in [1.29, 1.82) is 0 Å². The molecule has 4 nitrogen and oxygen atoms in total. The van der Waals surface area contributed by atoms with Crippen molar-refractivity contribution >= 4 is 5.82 Å². The van der Waals surface area contributed by atoms with Crippen LogP contribution < -0.4 is 4.90 Å². The lowest BCUT2D eigenvalue weighted by molar-refractivity contribution is 0.0924. The van der Waals surface area contributed by atoms with Crippen molar-refractivity contribution in [3.05, 3.63) is 17.1 Å². The minimum absolute atomic E-state index is 0.467. The Hall–Kier alpha value is -1.16. The minimum atomic E-state index is 0.467. The highest BCUT2D eigenvalue weighted by Gasteiger charge is 2.27. The molecule has 4 heteroatoms. The van der Waals surface area contributed by atoms with Gasteiger partial charge in [-0.3, -0.25) is 0 Å². The third kappa shape index (κ3) is 2.46. The van der Waals surface area contributed by atoms with E-state index in [1.165, 1.54) is 29.9 Å². The zero-order chi connectivity index (χ0) is 13.2. The Morgan fingerprint density at radius 3 is 2.95 bits per heavy atom. The number of nitrogens with zero attached hydrogens (tertiary/aromatic N) is 3. The lowest BCUT2D eigenvalue weighted by Gasteiger charge is -2.38. The van der Waals surface area contributed by atoms with Crippen LogP contribution in [-0.2, 0) is 17.6 Å². The van der Waals surface area contributed by atoms with Crippen molar-refractivity contribution in [3.63, 3.8) is 0 Å². The summed E-state index contributed by atoms with van der Waals surface area (Å²) in [7, 11) is 0. The molecule has 19 heavy (non-hydrogen) atoms. The van der Waals surface area contributed by atoms with E-state index >= 15 is 0 Å². The first-order valence-corrected chi connectivity index (χ1v) is 7.50. The average Bonchev–Trinajstić information content (AvgIpc) is 2.46. The predicted octanol–water partition coefficient (Wildman–Crippen LogP) is 2.28. The average molecular weight is 261 g/mol. The fourth-order valence-electron chi connectivity index (χ4n) is 3.20. The Balaban J connectivity index is 2.00. The van der Waals surface area contributed by atoms with Gasteiger partial charge in [-0.1, -0.05) is 6.92 Å². The zero-order valence-corrected chi connectivity index (χ0v) is 12.0. The quantitative estimate of drug-likeness (QED) is 0.818. The van der Waals surface area contributed by atoms with Gasteiger partial charge in [-0.05, 0) is 39.0 Å². The van der Waals surface area contributed by atoms with E-state index in [2.05, 4.69) is 16.8 Å². The van der Waals surface area contributed by atoms with Crippen LogP contribution in [0.15, 0.2) is 0 Å². The topological polar surface area (TPSA) is 38.2 Å². The minimum Gasteiger partial charge on any atom is -0.377 e. The molecule has 1 aliphatic heterocycles. The van der Waals surface area contributed by atoms with Gasteiger partial charge in [-0.2, -0.15) is 0 Å². The molecule has 1 aliphatic carbocycles. The van der Waals surface area contributed by atoms with Crippen LogP contribution in [0.4, 0.5) is 5.82 Å². The summed E-state index contributed by atoms with van der Waals surface area (Å²) in [5, 5.41) is 0. The van der Waals surface area contributed by atoms with E-state index in [0.29, 0.717) is 6.04 Å². The number of aromatic nitrogens is 2. The smallest absolute Gasteiger partial charge is 0.136 e. The first-order valence-electron chi connectivity index (χ1n) is 7.50. The Labute approximate surface area is 115 Å². The molecule has 1 atom stereocenters. The highest BCUT2D eigenvalue weighted by Crippen LogP contribution is 2.30. The maximum absolute atomic E-state index is 5.61. The van der Waals surface area contributed by atoms with Crippen molar-refractivity contribution in [2.45, 2.75) is 52.0 Å². The highest BCUT2D eigenvalue weighted by atomic mass is 16.5. The van der Waals surface area contributed by atoms with Crippen molar-refractivity contribution in [2.24, 2.45) is 0 Å². The molecule has 3 rings (SSSR count). The number of aryl methyl sites for hydroxylation is 2. The van der Waals surface area contributed by atoms with Gasteiger partial charge in [0.15, 0.2) is 0 Å². The number of rotatable bonds is 2. The van der Waals surface area contributed by atoms with Crippen LogP contribution in [0.1, 0.15) is 43.3 Å². The van der Waals surface area contributed by atoms with E-state index in [9.17, 15) is 0 Å². The Bertz CT molecular complexity index is 461. The molecule has 104 valence electrons. The molecule has 0 radical (unpaired) electrons. The highest BCUT2D eigenvalue weighted by molar-refractivity contribution is 5.51. The van der Waals surface area contributed by atoms with Gasteiger partial charge in [0.05, 0.1) is 19.3 Å². The summed E-state index contributed by atoms with van der Waals surface area (Å²) in [6.45, 7) is 6.84. The van der Waals surface area contributed by atoms with E-state index in [0.717, 1.165) is 44.8 Å². The molecule has 1 saturated heterocycles. The number of fused-ring (bicyclic) bond motifs is 1. The molecule has 0 saturated carbocycles. The SMILES string of the molecule is CCC1COCCN1c1nc(C)nc2c1CCCC2. The molecular formula is C15H23N3O. The molecule has 2 aliphatic rings. The molecule has 2 heterocycles. The normalized spacial score (nSPS) is 23.3. The van der Waals surface area contributed by atoms with E-state index in [1.807, 2.05) is 6.92 Å². The number of morpholine rings is 1. The molecular weight excluding hydrogens is 238 g/mol. The fourth-order valence-corrected chi connectivity index (χ4v) is 3.20. The number of anilines is 1. The number of hydrogen-bond donors (Lipinski definition) is 0. The van der Waals surface area contributed by atoms with Gasteiger partial charge in [0.25, 0.3) is 0 Å². The molecule has 0 spiro atoms. The molecule has 0 bridgehead atoms. The maximum atomic E-state index is 5.61. The van der Waals surface area contributed by atoms with Crippen LogP contribution in [0.2, 0.25) is 0 Å². The summed E-state index contributed by atoms with van der Waals surface area (Å²) in [5.74, 6) is 2.11. The lowest BCUT2D eigenvalue weighted by Crippen LogP contribution is -2.46. The summed E-state index contributed by atoms with van der Waals surface area (Å²) in [5.41, 5.74) is 2.69. The van der Waals surface area contributed by atoms with Crippen LogP contribution in [0.3, 0.4) is 0 Å². The Morgan fingerprint density at radius 2 is 2.11 bits per heavy atom. The van der Waals surface area contributed by atoms with Gasteiger partial charge < -0.3 is 9.64 Å². The van der Waals surface area contributed by atoms with Crippen LogP contribution in [0.25, 0.3) is 0 Å². The molecule has 1 aromatic rings. The Morgan fingerprint density at radius 1 is 1.26 bits per heavy atom. The molecule has 1 unspecified atom stereocenters. The summed E-state index contributed by atoms with van der Waals surface area (Å²) >= 11 is 0. The van der Waals surface area contributed by atoms with E-state index in [-0.39, 0.29) is 0 Å². The largest absolute Gasteiger partial charge is 0.377 e. The summed E-state index contributed by atoms with van der Waals surface area (Å²) in [4.78, 5) is 11.9. The van der Waals surface area contributed by atoms with E-state index in [4.69, 9.17) is 9.72 Å². The fraction of sp³-hybridized carbons (Fsp3) is 0.733. The van der Waals surface area contributed by atoms with E-state index in [1.54, 1.807) is 0 Å². The second-order valence-electron chi connectivity index (χ2n) is 5.56. The maximum Gasteiger partial charge on any atom is 0.136 e. The summed E-state index contributed by atoms with van der Waals surface area (Å²) in [6.07, 6.45) is 5.90. The van der Waals surface area contributed by atoms with Crippen molar-refractivity contribution in [3.8, 4) is 0 Å². The molecule has 0 N–H and O–H groups in total. The van der Waals surface area contributed by atoms with Gasteiger partial charge in [-0.25, -0.2) is 9.97 Å². The van der Waals surface area contributed by atoms with Crippen LogP contribution >= 0.6 is 0 Å². The first-order chi connectivity index (χ1) is 9.29. The number of hydrogen-bond acceptors (Lipinski definition) is 4. The third-order valence-electron chi connectivity index (χ3n) is 4.24. The summed E-state index contributed by atoms with van der Waals surface area (Å²) < 4.78 is 5.61. The zero-order valence-electron chi connectivity index (χ0n) is 12.0. The van der Waals surface area contributed by atoms with E-state index < -0.39 is 0 Å². The molecule has 1 aromatic heterocycles. The summed E-state index contributed by atoms with van der Waals surface area (Å²) in [6, 6.07) is 0.467. The Kier molecular flexibility index (Phi) is 3.69. The standard InChI is InChI=1S/C15H23N3O/c1-3-12-10-19-9-8-18(12)15-13-6-4-5-7-14(13)16-11(2)17-15/h12H,3-10H2,1-2H3. The van der Waals surface area contributed by atoms with Gasteiger partial charge in [-0.15, -0.1) is 0 Å². The van der Waals surface area contributed by atoms with Gasteiger partial charge in [0.1, 0.15) is 11.6 Å². The van der Waals surface area contributed by atoms with Crippen LogP contribution in [0.5, 0.6) is 0 Å². The van der Waals surface area contributed by atoms with Crippen molar-refractivity contribution in [1.82, 2.24) is 9.97 Å². The molecule has 0 amide bonds.